The van der Waals surface area contributed by atoms with Gasteiger partial charge in [-0.25, -0.2) is 14.8 Å². The van der Waals surface area contributed by atoms with E-state index in [-0.39, 0.29) is 17.4 Å². The molecule has 0 saturated carbocycles. The summed E-state index contributed by atoms with van der Waals surface area (Å²) in [5, 5.41) is 4.76. The normalized spacial score (nSPS) is 17.0. The summed E-state index contributed by atoms with van der Waals surface area (Å²) in [4.78, 5) is 24.5. The number of carbonyl (C=O) groups excluding carboxylic acids is 1. The van der Waals surface area contributed by atoms with Crippen molar-refractivity contribution >= 4 is 34.0 Å². The highest BCUT2D eigenvalue weighted by atomic mass is 16.6. The van der Waals surface area contributed by atoms with Gasteiger partial charge in [0.15, 0.2) is 6.23 Å². The van der Waals surface area contributed by atoms with E-state index < -0.39 is 17.9 Å². The average Bonchev–Trinajstić information content (AvgIpc) is 3.36. The molecule has 1 saturated heterocycles. The standard InChI is InChI=1S/C35H48N6O4/c1-8-44-31(30-29(43-7)21-24-13-9-10-14-26(24)38-30)41-28-16-12-11-15-27(28)39-33(41)37-25-17-19-40(20-18-25)22-35(23(2)3,34(4,5)6)45-32(36)42/h9-16,21,23,25,31H,8,17-20,22H2,1-7H3,(H2,36,42)(H,37,39). The number of aromatic nitrogens is 3. The van der Waals surface area contributed by atoms with Crippen molar-refractivity contribution in [1.82, 2.24) is 19.4 Å². The van der Waals surface area contributed by atoms with Crippen LogP contribution < -0.4 is 15.8 Å². The molecule has 2 unspecified atom stereocenters. The summed E-state index contributed by atoms with van der Waals surface area (Å²) in [6.45, 7) is 15.3. The molecular formula is C35H48N6O4. The number of amides is 1. The molecule has 10 nitrogen and oxygen atoms in total. The number of piperidine rings is 1. The second-order valence-electron chi connectivity index (χ2n) is 13.3. The van der Waals surface area contributed by atoms with E-state index in [1.807, 2.05) is 55.5 Å². The Balaban J connectivity index is 1.43. The Morgan fingerprint density at radius 3 is 2.33 bits per heavy atom. The molecule has 1 amide bonds. The van der Waals surface area contributed by atoms with Gasteiger partial charge in [-0.15, -0.1) is 0 Å². The average molecular weight is 617 g/mol. The number of nitrogens with zero attached hydrogens (tertiary/aromatic N) is 4. The van der Waals surface area contributed by atoms with E-state index in [2.05, 4.69) is 55.5 Å². The van der Waals surface area contributed by atoms with Gasteiger partial charge in [-0.05, 0) is 49.9 Å². The molecule has 4 aromatic rings. The molecule has 2 aromatic heterocycles. The molecule has 1 aliphatic heterocycles. The Hall–Kier alpha value is -3.89. The van der Waals surface area contributed by atoms with Crippen LogP contribution in [-0.2, 0) is 9.47 Å². The third-order valence-electron chi connectivity index (χ3n) is 9.19. The molecule has 2 aromatic carbocycles. The predicted molar refractivity (Wildman–Crippen MR) is 179 cm³/mol. The minimum atomic E-state index is -0.726. The van der Waals surface area contributed by atoms with Gasteiger partial charge >= 0.3 is 6.09 Å². The number of nitrogens with one attached hydrogen (secondary N) is 1. The van der Waals surface area contributed by atoms with E-state index >= 15 is 0 Å². The first-order valence-electron chi connectivity index (χ1n) is 16.0. The fourth-order valence-corrected chi connectivity index (χ4v) is 6.79. The SMILES string of the molecule is CCOC(c1nc2ccccc2cc1OC)n1c(NC2CCN(CC(OC(N)=O)(C(C)C)C(C)(C)C)CC2)nc2ccccc21. The van der Waals surface area contributed by atoms with Crippen LogP contribution in [-0.4, -0.2) is 70.5 Å². The summed E-state index contributed by atoms with van der Waals surface area (Å²) >= 11 is 0. The Bertz CT molecular complexity index is 1620. The molecule has 5 rings (SSSR count). The zero-order valence-electron chi connectivity index (χ0n) is 27.7. The van der Waals surface area contributed by atoms with Crippen molar-refractivity contribution in [2.24, 2.45) is 17.1 Å². The van der Waals surface area contributed by atoms with Crippen LogP contribution in [0.15, 0.2) is 54.6 Å². The van der Waals surface area contributed by atoms with E-state index in [0.29, 0.717) is 24.6 Å². The molecule has 3 N–H and O–H groups in total. The minimum absolute atomic E-state index is 0.0944. The van der Waals surface area contributed by atoms with Crippen LogP contribution in [0, 0.1) is 11.3 Å². The number of hydrogen-bond acceptors (Lipinski definition) is 8. The number of imidazole rings is 1. The van der Waals surface area contributed by atoms with Crippen LogP contribution in [0.4, 0.5) is 10.7 Å². The van der Waals surface area contributed by atoms with Crippen LogP contribution in [0.5, 0.6) is 5.75 Å². The second kappa shape index (κ2) is 13.2. The van der Waals surface area contributed by atoms with Crippen molar-refractivity contribution in [3.63, 3.8) is 0 Å². The number of fused-ring (bicyclic) bond motifs is 2. The fraction of sp³-hybridized carbons (Fsp3) is 0.514. The lowest BCUT2D eigenvalue weighted by Crippen LogP contribution is -2.60. The first-order valence-corrected chi connectivity index (χ1v) is 16.0. The van der Waals surface area contributed by atoms with Crippen LogP contribution >= 0.6 is 0 Å². The van der Waals surface area contributed by atoms with Gasteiger partial charge in [0, 0.05) is 43.1 Å². The van der Waals surface area contributed by atoms with Crippen molar-refractivity contribution in [3.8, 4) is 5.75 Å². The molecule has 1 aliphatic rings. The number of primary amides is 1. The highest BCUT2D eigenvalue weighted by Gasteiger charge is 2.49. The Labute approximate surface area is 266 Å². The number of para-hydroxylation sites is 3. The molecule has 0 radical (unpaired) electrons. The molecule has 45 heavy (non-hydrogen) atoms. The Kier molecular flexibility index (Phi) is 9.55. The van der Waals surface area contributed by atoms with Gasteiger partial charge in [0.2, 0.25) is 5.95 Å². The molecular weight excluding hydrogens is 568 g/mol. The molecule has 10 heteroatoms. The molecule has 0 aliphatic carbocycles. The monoisotopic (exact) mass is 616 g/mol. The van der Waals surface area contributed by atoms with Crippen molar-refractivity contribution < 1.29 is 19.0 Å². The second-order valence-corrected chi connectivity index (χ2v) is 13.3. The van der Waals surface area contributed by atoms with Gasteiger partial charge in [-0.3, -0.25) is 9.47 Å². The first kappa shape index (κ1) is 32.5. The Morgan fingerprint density at radius 2 is 1.71 bits per heavy atom. The minimum Gasteiger partial charge on any atom is -0.495 e. The van der Waals surface area contributed by atoms with Crippen LogP contribution in [0.1, 0.15) is 66.3 Å². The number of rotatable bonds is 11. The predicted octanol–water partition coefficient (Wildman–Crippen LogP) is 6.59. The number of carbonyl (C=O) groups is 1. The molecule has 2 atom stereocenters. The molecule has 3 heterocycles. The topological polar surface area (TPSA) is 117 Å². The number of methoxy groups -OCH3 is 1. The summed E-state index contributed by atoms with van der Waals surface area (Å²) < 4.78 is 20.3. The number of nitrogens with two attached hydrogens (primary N) is 1. The number of ether oxygens (including phenoxy) is 3. The number of pyridine rings is 1. The van der Waals surface area contributed by atoms with E-state index in [9.17, 15) is 4.79 Å². The van der Waals surface area contributed by atoms with Crippen molar-refractivity contribution in [2.75, 3.05) is 38.7 Å². The van der Waals surface area contributed by atoms with Crippen molar-refractivity contribution in [2.45, 2.75) is 72.3 Å². The number of anilines is 1. The fourth-order valence-electron chi connectivity index (χ4n) is 6.79. The summed E-state index contributed by atoms with van der Waals surface area (Å²) in [5.41, 5.74) is 7.98. The zero-order valence-corrected chi connectivity index (χ0v) is 27.7. The third kappa shape index (κ3) is 6.58. The van der Waals surface area contributed by atoms with Crippen molar-refractivity contribution in [1.29, 1.82) is 0 Å². The van der Waals surface area contributed by atoms with E-state index in [1.54, 1.807) is 7.11 Å². The lowest BCUT2D eigenvalue weighted by atomic mass is 9.69. The van der Waals surface area contributed by atoms with Crippen LogP contribution in [0.2, 0.25) is 0 Å². The lowest BCUT2D eigenvalue weighted by molar-refractivity contribution is -0.117. The van der Waals surface area contributed by atoms with Crippen LogP contribution in [0.25, 0.3) is 21.9 Å². The van der Waals surface area contributed by atoms with Gasteiger partial charge in [0.25, 0.3) is 0 Å². The maximum absolute atomic E-state index is 12.0. The highest BCUT2D eigenvalue weighted by Crippen LogP contribution is 2.41. The first-order chi connectivity index (χ1) is 21.5. The largest absolute Gasteiger partial charge is 0.495 e. The number of likely N-dealkylation sites (tertiary alicyclic amines) is 1. The summed E-state index contributed by atoms with van der Waals surface area (Å²) in [7, 11) is 1.67. The van der Waals surface area contributed by atoms with Gasteiger partial charge in [0.1, 0.15) is 17.0 Å². The highest BCUT2D eigenvalue weighted by molar-refractivity contribution is 5.81. The quantitative estimate of drug-likeness (QED) is 0.194. The zero-order chi connectivity index (χ0) is 32.4. The maximum Gasteiger partial charge on any atom is 0.405 e. The number of benzene rings is 2. The van der Waals surface area contributed by atoms with E-state index in [4.69, 9.17) is 29.9 Å². The van der Waals surface area contributed by atoms with Crippen LogP contribution in [0.3, 0.4) is 0 Å². The van der Waals surface area contributed by atoms with Gasteiger partial charge in [-0.1, -0.05) is 65.0 Å². The molecule has 242 valence electrons. The maximum atomic E-state index is 12.0. The summed E-state index contributed by atoms with van der Waals surface area (Å²) in [6, 6.07) is 18.3. The van der Waals surface area contributed by atoms with Gasteiger partial charge < -0.3 is 25.3 Å². The number of hydrogen-bond donors (Lipinski definition) is 2. The Morgan fingerprint density at radius 1 is 1.04 bits per heavy atom. The molecule has 1 fully saturated rings. The van der Waals surface area contributed by atoms with E-state index in [1.165, 1.54) is 0 Å². The van der Waals surface area contributed by atoms with E-state index in [0.717, 1.165) is 53.8 Å². The summed E-state index contributed by atoms with van der Waals surface area (Å²) in [5.74, 6) is 1.49. The smallest absolute Gasteiger partial charge is 0.405 e. The third-order valence-corrected chi connectivity index (χ3v) is 9.19. The van der Waals surface area contributed by atoms with Crippen molar-refractivity contribution in [3.05, 3.63) is 60.3 Å². The van der Waals surface area contributed by atoms with Gasteiger partial charge in [0.05, 0.1) is 23.7 Å². The molecule has 0 spiro atoms. The lowest BCUT2D eigenvalue weighted by Gasteiger charge is -2.49. The van der Waals surface area contributed by atoms with Gasteiger partial charge in [-0.2, -0.15) is 0 Å². The molecule has 0 bridgehead atoms. The summed E-state index contributed by atoms with van der Waals surface area (Å²) in [6.07, 6.45) is 0.508.